The van der Waals surface area contributed by atoms with Gasteiger partial charge in [0.1, 0.15) is 5.69 Å². The number of alkyl halides is 3. The Balaban J connectivity index is 0.00000216. The SMILES string of the molecule is CC.Cc1ccc(-c2cc(N/N=C/C(O)CCC3=CCC=C(C(F)(F)F)C=C3)nnc2-c2ccccc2Cl)cc1. The lowest BCUT2D eigenvalue weighted by Gasteiger charge is -2.12. The third-order valence-electron chi connectivity index (χ3n) is 5.96. The fourth-order valence-corrected chi connectivity index (χ4v) is 4.12. The predicted molar refractivity (Wildman–Crippen MR) is 157 cm³/mol. The number of rotatable bonds is 8. The molecule has 1 atom stereocenters. The van der Waals surface area contributed by atoms with Crippen molar-refractivity contribution in [2.24, 2.45) is 5.10 Å². The Morgan fingerprint density at radius 3 is 2.45 bits per heavy atom. The van der Waals surface area contributed by atoms with E-state index in [1.807, 2.05) is 69.3 Å². The first-order valence-electron chi connectivity index (χ1n) is 13.0. The molecule has 1 aromatic heterocycles. The van der Waals surface area contributed by atoms with Crippen molar-refractivity contribution in [3.05, 3.63) is 101 Å². The molecule has 2 N–H and O–H groups in total. The van der Waals surface area contributed by atoms with Crippen molar-refractivity contribution in [1.29, 1.82) is 0 Å². The summed E-state index contributed by atoms with van der Waals surface area (Å²) in [7, 11) is 0. The van der Waals surface area contributed by atoms with E-state index in [-0.39, 0.29) is 6.42 Å². The largest absolute Gasteiger partial charge is 0.416 e. The minimum absolute atomic E-state index is 0.190. The van der Waals surface area contributed by atoms with Crippen LogP contribution in [0.3, 0.4) is 0 Å². The molecule has 0 saturated heterocycles. The molecule has 0 aliphatic heterocycles. The van der Waals surface area contributed by atoms with Crippen molar-refractivity contribution in [2.75, 3.05) is 5.43 Å². The van der Waals surface area contributed by atoms with Crippen LogP contribution in [0.5, 0.6) is 0 Å². The van der Waals surface area contributed by atoms with E-state index in [9.17, 15) is 18.3 Å². The molecule has 1 aliphatic carbocycles. The number of aliphatic hydroxyl groups excluding tert-OH is 1. The lowest BCUT2D eigenvalue weighted by Crippen LogP contribution is -2.10. The highest BCUT2D eigenvalue weighted by molar-refractivity contribution is 6.33. The van der Waals surface area contributed by atoms with Crippen molar-refractivity contribution in [3.63, 3.8) is 0 Å². The van der Waals surface area contributed by atoms with Crippen molar-refractivity contribution in [1.82, 2.24) is 10.2 Å². The van der Waals surface area contributed by atoms with Gasteiger partial charge in [-0.2, -0.15) is 18.3 Å². The van der Waals surface area contributed by atoms with Gasteiger partial charge in [0.05, 0.1) is 22.9 Å². The highest BCUT2D eigenvalue weighted by atomic mass is 35.5. The molecule has 0 fully saturated rings. The molecule has 2 aromatic carbocycles. The zero-order chi connectivity index (χ0) is 29.1. The summed E-state index contributed by atoms with van der Waals surface area (Å²) in [5.74, 6) is 0.375. The molecule has 0 spiro atoms. The van der Waals surface area contributed by atoms with Gasteiger partial charge in [0.2, 0.25) is 0 Å². The maximum absolute atomic E-state index is 12.9. The summed E-state index contributed by atoms with van der Waals surface area (Å²) >= 11 is 6.43. The summed E-state index contributed by atoms with van der Waals surface area (Å²) in [5.41, 5.74) is 7.11. The zero-order valence-corrected chi connectivity index (χ0v) is 23.3. The Hall–Kier alpha value is -3.75. The molecule has 3 aromatic rings. The molecule has 1 heterocycles. The molecule has 1 aliphatic rings. The molecule has 0 saturated carbocycles. The minimum Gasteiger partial charge on any atom is -0.387 e. The average Bonchev–Trinajstić information content (AvgIpc) is 3.20. The maximum Gasteiger partial charge on any atom is 0.416 e. The van der Waals surface area contributed by atoms with Crippen LogP contribution in [-0.2, 0) is 0 Å². The summed E-state index contributed by atoms with van der Waals surface area (Å²) in [6, 6.07) is 17.2. The zero-order valence-electron chi connectivity index (χ0n) is 22.6. The third kappa shape index (κ3) is 8.63. The van der Waals surface area contributed by atoms with Crippen LogP contribution in [-0.4, -0.2) is 33.8 Å². The quantitative estimate of drug-likeness (QED) is 0.210. The van der Waals surface area contributed by atoms with Gasteiger partial charge >= 0.3 is 6.18 Å². The molecule has 9 heteroatoms. The molecular formula is C31H32ClF3N4O. The summed E-state index contributed by atoms with van der Waals surface area (Å²) < 4.78 is 38.7. The topological polar surface area (TPSA) is 70.4 Å². The van der Waals surface area contributed by atoms with Crippen LogP contribution in [0.15, 0.2) is 95.1 Å². The molecule has 210 valence electrons. The number of nitrogens with zero attached hydrogens (tertiary/aromatic N) is 3. The van der Waals surface area contributed by atoms with Gasteiger partial charge in [-0.1, -0.05) is 103 Å². The first-order chi connectivity index (χ1) is 19.2. The van der Waals surface area contributed by atoms with Crippen LogP contribution in [0.4, 0.5) is 19.0 Å². The van der Waals surface area contributed by atoms with Gasteiger partial charge in [0.15, 0.2) is 5.82 Å². The number of benzene rings is 2. The van der Waals surface area contributed by atoms with Gasteiger partial charge in [-0.25, -0.2) is 0 Å². The van der Waals surface area contributed by atoms with Gasteiger partial charge in [-0.3, -0.25) is 5.43 Å². The van der Waals surface area contributed by atoms with E-state index in [4.69, 9.17) is 11.6 Å². The van der Waals surface area contributed by atoms with Crippen molar-refractivity contribution >= 4 is 23.6 Å². The Kier molecular flexibility index (Phi) is 11.2. The maximum atomic E-state index is 12.9. The van der Waals surface area contributed by atoms with E-state index in [0.717, 1.165) is 40.0 Å². The number of aromatic nitrogens is 2. The Bertz CT molecular complexity index is 1400. The molecule has 0 bridgehead atoms. The monoisotopic (exact) mass is 568 g/mol. The highest BCUT2D eigenvalue weighted by Crippen LogP contribution is 2.35. The summed E-state index contributed by atoms with van der Waals surface area (Å²) in [4.78, 5) is 0. The number of nitrogens with one attached hydrogen (secondary N) is 1. The molecule has 5 nitrogen and oxygen atoms in total. The minimum atomic E-state index is -4.37. The van der Waals surface area contributed by atoms with E-state index < -0.39 is 17.9 Å². The van der Waals surface area contributed by atoms with E-state index in [1.54, 1.807) is 12.1 Å². The molecule has 0 radical (unpaired) electrons. The van der Waals surface area contributed by atoms with Gasteiger partial charge in [0.25, 0.3) is 0 Å². The summed E-state index contributed by atoms with van der Waals surface area (Å²) in [5, 5.41) is 23.6. The van der Waals surface area contributed by atoms with Gasteiger partial charge in [-0.15, -0.1) is 10.2 Å². The molecule has 4 rings (SSSR count). The van der Waals surface area contributed by atoms with Crippen LogP contribution >= 0.6 is 11.6 Å². The first kappa shape index (κ1) is 30.8. The second-order valence-corrected chi connectivity index (χ2v) is 9.25. The van der Waals surface area contributed by atoms with Crippen LogP contribution in [0.1, 0.15) is 38.7 Å². The van der Waals surface area contributed by atoms with Crippen LogP contribution in [0.25, 0.3) is 22.4 Å². The fraction of sp³-hybridized carbons (Fsp3) is 0.258. The lowest BCUT2D eigenvalue weighted by atomic mass is 9.99. The number of aliphatic hydroxyl groups is 1. The number of anilines is 1. The molecule has 1 unspecified atom stereocenters. The fourth-order valence-electron chi connectivity index (χ4n) is 3.90. The Labute approximate surface area is 237 Å². The average molecular weight is 569 g/mol. The first-order valence-corrected chi connectivity index (χ1v) is 13.4. The van der Waals surface area contributed by atoms with Crippen LogP contribution in [0.2, 0.25) is 5.02 Å². The van der Waals surface area contributed by atoms with E-state index in [0.29, 0.717) is 29.4 Å². The smallest absolute Gasteiger partial charge is 0.387 e. The van der Waals surface area contributed by atoms with Gasteiger partial charge in [-0.05, 0) is 43.9 Å². The van der Waals surface area contributed by atoms with E-state index in [2.05, 4.69) is 20.7 Å². The second-order valence-electron chi connectivity index (χ2n) is 8.84. The van der Waals surface area contributed by atoms with Crippen LogP contribution in [0, 0.1) is 6.92 Å². The predicted octanol–water partition coefficient (Wildman–Crippen LogP) is 8.71. The molecule has 40 heavy (non-hydrogen) atoms. The lowest BCUT2D eigenvalue weighted by molar-refractivity contribution is -0.0883. The van der Waals surface area contributed by atoms with Gasteiger partial charge < -0.3 is 5.11 Å². The Morgan fingerprint density at radius 2 is 1.75 bits per heavy atom. The normalized spacial score (nSPS) is 14.1. The number of aryl methyl sites for hydroxylation is 1. The third-order valence-corrected chi connectivity index (χ3v) is 6.29. The number of hydrogen-bond donors (Lipinski definition) is 2. The molecule has 0 amide bonds. The number of hydrazone groups is 1. The number of allylic oxidation sites excluding steroid dienone is 6. The standard InChI is InChI=1S/C29H26ClF3N4O.C2H6/c1-19-9-13-21(14-10-19)25-17-27(36-37-28(25)24-7-2-3-8-26(24)30)35-34-18-23(38)16-12-20-5-4-6-22(15-11-20)29(31,32)33;1-2/h2-3,5-11,13-15,17-18,23,38H,4,12,16H2,1H3,(H,35,36);1-2H3/b34-18+;. The molecular weight excluding hydrogens is 537 g/mol. The van der Waals surface area contributed by atoms with E-state index >= 15 is 0 Å². The second kappa shape index (κ2) is 14.6. The Morgan fingerprint density at radius 1 is 1.02 bits per heavy atom. The number of halogens is 4. The van der Waals surface area contributed by atoms with Crippen molar-refractivity contribution in [3.8, 4) is 22.4 Å². The number of hydrogen-bond acceptors (Lipinski definition) is 5. The highest BCUT2D eigenvalue weighted by Gasteiger charge is 2.31. The summed E-state index contributed by atoms with van der Waals surface area (Å²) in [6.45, 7) is 6.01. The van der Waals surface area contributed by atoms with E-state index in [1.165, 1.54) is 12.3 Å². The van der Waals surface area contributed by atoms with Crippen LogP contribution < -0.4 is 5.43 Å². The van der Waals surface area contributed by atoms with Crippen molar-refractivity contribution in [2.45, 2.75) is 52.3 Å². The van der Waals surface area contributed by atoms with Crippen molar-refractivity contribution < 1.29 is 18.3 Å². The van der Waals surface area contributed by atoms with Gasteiger partial charge in [0, 0.05) is 11.1 Å². The summed E-state index contributed by atoms with van der Waals surface area (Å²) in [6.07, 6.45) is 2.34.